The van der Waals surface area contributed by atoms with Gasteiger partial charge in [0.2, 0.25) is 0 Å². The Morgan fingerprint density at radius 1 is 0.268 bits per heavy atom. The van der Waals surface area contributed by atoms with E-state index in [0.717, 1.165) is 66.1 Å². The Labute approximate surface area is 322 Å². The summed E-state index contributed by atoms with van der Waals surface area (Å²) in [4.78, 5) is 0. The lowest BCUT2D eigenvalue weighted by Crippen LogP contribution is -1.92. The molecule has 0 aliphatic heterocycles. The smallest absolute Gasteiger partial charge is 0.143 e. The van der Waals surface area contributed by atoms with Gasteiger partial charge in [0.15, 0.2) is 0 Å². The maximum atomic E-state index is 6.85. The summed E-state index contributed by atoms with van der Waals surface area (Å²) < 4.78 is 13.0. The third-order valence-electron chi connectivity index (χ3n) is 11.7. The zero-order valence-corrected chi connectivity index (χ0v) is 30.3. The van der Waals surface area contributed by atoms with Gasteiger partial charge in [-0.2, -0.15) is 0 Å². The van der Waals surface area contributed by atoms with Crippen LogP contribution in [0.2, 0.25) is 0 Å². The van der Waals surface area contributed by atoms with E-state index in [1.807, 2.05) is 12.1 Å². The maximum Gasteiger partial charge on any atom is 0.143 e. The zero-order valence-electron chi connectivity index (χ0n) is 30.3. The Morgan fingerprint density at radius 3 is 1.48 bits per heavy atom. The lowest BCUT2D eigenvalue weighted by Gasteiger charge is -2.19. The highest BCUT2D eigenvalue weighted by molar-refractivity contribution is 6.27. The first-order valence-electron chi connectivity index (χ1n) is 19.2. The molecule has 2 heterocycles. The summed E-state index contributed by atoms with van der Waals surface area (Å²) in [6, 6.07) is 69.8. The normalized spacial score (nSPS) is 11.9. The van der Waals surface area contributed by atoms with Gasteiger partial charge < -0.3 is 8.83 Å². The van der Waals surface area contributed by atoms with E-state index in [4.69, 9.17) is 8.83 Å². The van der Waals surface area contributed by atoms with Crippen LogP contribution in [0.4, 0.5) is 0 Å². The molecule has 2 aromatic heterocycles. The first kappa shape index (κ1) is 31.0. The minimum absolute atomic E-state index is 0.884. The molecule has 0 N–H and O–H groups in total. The third-order valence-corrected chi connectivity index (χ3v) is 11.7. The van der Waals surface area contributed by atoms with Gasteiger partial charge in [-0.25, -0.2) is 0 Å². The molecule has 12 aromatic rings. The van der Waals surface area contributed by atoms with Crippen LogP contribution in [0.3, 0.4) is 0 Å². The monoisotopic (exact) mass is 712 g/mol. The molecule has 10 aromatic carbocycles. The molecular weight excluding hydrogens is 681 g/mol. The Balaban J connectivity index is 1.07. The van der Waals surface area contributed by atoms with Gasteiger partial charge in [-0.1, -0.05) is 164 Å². The van der Waals surface area contributed by atoms with E-state index in [-0.39, 0.29) is 0 Å². The molecule has 2 nitrogen and oxygen atoms in total. The Hall–Kier alpha value is -7.42. The SMILES string of the molecule is c1ccc2c(-c3c4ccccc4c(-c4ccc(-c5ccc(-c6ccc7oc8ccccc8c7c6)cc5)c5oc6ccccc6c45)c4ccccc34)cccc2c1. The van der Waals surface area contributed by atoms with Crippen LogP contribution in [-0.2, 0) is 0 Å². The molecule has 0 bridgehead atoms. The molecule has 56 heavy (non-hydrogen) atoms. The number of fused-ring (bicyclic) bond motifs is 9. The van der Waals surface area contributed by atoms with Gasteiger partial charge >= 0.3 is 0 Å². The summed E-state index contributed by atoms with van der Waals surface area (Å²) in [6.45, 7) is 0. The van der Waals surface area contributed by atoms with E-state index in [2.05, 4.69) is 182 Å². The molecule has 0 amide bonds. The average molecular weight is 713 g/mol. The summed E-state index contributed by atoms with van der Waals surface area (Å²) in [6.07, 6.45) is 0. The van der Waals surface area contributed by atoms with Crippen LogP contribution < -0.4 is 0 Å². The van der Waals surface area contributed by atoms with Crippen molar-refractivity contribution in [3.05, 3.63) is 194 Å². The predicted octanol–water partition coefficient (Wildman–Crippen LogP) is 15.6. The topological polar surface area (TPSA) is 26.3 Å². The average Bonchev–Trinajstić information content (AvgIpc) is 3.84. The molecular formula is C54H32O2. The Kier molecular flexibility index (Phi) is 6.66. The largest absolute Gasteiger partial charge is 0.456 e. The van der Waals surface area contributed by atoms with Gasteiger partial charge in [0.05, 0.1) is 0 Å². The number of rotatable bonds is 4. The molecule has 0 fully saturated rings. The summed E-state index contributed by atoms with van der Waals surface area (Å²) in [7, 11) is 0. The first-order valence-corrected chi connectivity index (χ1v) is 19.2. The highest BCUT2D eigenvalue weighted by Crippen LogP contribution is 2.49. The van der Waals surface area contributed by atoms with Crippen molar-refractivity contribution in [1.82, 2.24) is 0 Å². The lowest BCUT2D eigenvalue weighted by molar-refractivity contribution is 0.669. The Bertz CT molecular complexity index is 3460. The number of para-hydroxylation sites is 2. The van der Waals surface area contributed by atoms with Gasteiger partial charge in [0, 0.05) is 27.1 Å². The molecule has 12 rings (SSSR count). The van der Waals surface area contributed by atoms with Crippen LogP contribution in [0, 0.1) is 0 Å². The summed E-state index contributed by atoms with van der Waals surface area (Å²) in [5, 5.41) is 11.9. The number of furan rings is 2. The van der Waals surface area contributed by atoms with E-state index < -0.39 is 0 Å². The molecule has 0 atom stereocenters. The van der Waals surface area contributed by atoms with Gasteiger partial charge in [-0.15, -0.1) is 0 Å². The maximum absolute atomic E-state index is 6.85. The van der Waals surface area contributed by atoms with Gasteiger partial charge in [0.25, 0.3) is 0 Å². The van der Waals surface area contributed by atoms with Crippen molar-refractivity contribution in [1.29, 1.82) is 0 Å². The Morgan fingerprint density at radius 2 is 0.768 bits per heavy atom. The van der Waals surface area contributed by atoms with Gasteiger partial charge in [-0.05, 0) is 102 Å². The fourth-order valence-electron chi connectivity index (χ4n) is 9.16. The van der Waals surface area contributed by atoms with Crippen LogP contribution in [0.15, 0.2) is 203 Å². The lowest BCUT2D eigenvalue weighted by atomic mass is 9.83. The minimum Gasteiger partial charge on any atom is -0.456 e. The summed E-state index contributed by atoms with van der Waals surface area (Å²) in [5.74, 6) is 0. The minimum atomic E-state index is 0.884. The van der Waals surface area contributed by atoms with Gasteiger partial charge in [0.1, 0.15) is 22.3 Å². The molecule has 0 radical (unpaired) electrons. The van der Waals surface area contributed by atoms with Crippen molar-refractivity contribution in [3.8, 4) is 44.5 Å². The molecule has 0 aliphatic carbocycles. The standard InChI is InChI=1S/C54H32O2/c1-2-14-37-34(12-1)13-11-21-40(37)51-41-16-3-5-18-43(41)52(44-19-6-4-17-42(44)51)46-30-29-38(54-53(46)45-20-8-10-23-49(45)56-54)35-26-24-33(25-27-35)36-28-31-50-47(32-36)39-15-7-9-22-48(39)55-50/h1-32H. The van der Waals surface area contributed by atoms with Crippen LogP contribution in [0.25, 0.3) is 121 Å². The van der Waals surface area contributed by atoms with Crippen molar-refractivity contribution in [2.24, 2.45) is 0 Å². The highest BCUT2D eigenvalue weighted by atomic mass is 16.3. The third kappa shape index (κ3) is 4.57. The molecule has 0 spiro atoms. The number of benzene rings is 10. The van der Waals surface area contributed by atoms with Crippen molar-refractivity contribution in [2.75, 3.05) is 0 Å². The molecule has 2 heteroatoms. The van der Waals surface area contributed by atoms with E-state index in [0.29, 0.717) is 0 Å². The van der Waals surface area contributed by atoms with E-state index in [1.54, 1.807) is 0 Å². The van der Waals surface area contributed by atoms with Crippen LogP contribution in [-0.4, -0.2) is 0 Å². The van der Waals surface area contributed by atoms with Crippen molar-refractivity contribution >= 4 is 76.2 Å². The van der Waals surface area contributed by atoms with E-state index in [9.17, 15) is 0 Å². The second-order valence-corrected chi connectivity index (χ2v) is 14.7. The van der Waals surface area contributed by atoms with Crippen LogP contribution in [0.5, 0.6) is 0 Å². The van der Waals surface area contributed by atoms with Crippen molar-refractivity contribution < 1.29 is 8.83 Å². The highest BCUT2D eigenvalue weighted by Gasteiger charge is 2.23. The summed E-state index contributed by atoms with van der Waals surface area (Å²) in [5.41, 5.74) is 13.0. The molecule has 0 unspecified atom stereocenters. The molecule has 260 valence electrons. The fraction of sp³-hybridized carbons (Fsp3) is 0. The van der Waals surface area contributed by atoms with Crippen LogP contribution >= 0.6 is 0 Å². The quantitative estimate of drug-likeness (QED) is 0.170. The molecule has 0 saturated carbocycles. The van der Waals surface area contributed by atoms with Crippen molar-refractivity contribution in [2.45, 2.75) is 0 Å². The predicted molar refractivity (Wildman–Crippen MR) is 235 cm³/mol. The second-order valence-electron chi connectivity index (χ2n) is 14.7. The fourth-order valence-corrected chi connectivity index (χ4v) is 9.16. The van der Waals surface area contributed by atoms with E-state index >= 15 is 0 Å². The van der Waals surface area contributed by atoms with Crippen molar-refractivity contribution in [3.63, 3.8) is 0 Å². The number of hydrogen-bond donors (Lipinski definition) is 0. The zero-order chi connectivity index (χ0) is 36.7. The second kappa shape index (κ2) is 12.0. The number of hydrogen-bond acceptors (Lipinski definition) is 2. The molecule has 0 aliphatic rings. The summed E-state index contributed by atoms with van der Waals surface area (Å²) >= 11 is 0. The van der Waals surface area contributed by atoms with Gasteiger partial charge in [-0.3, -0.25) is 0 Å². The molecule has 0 saturated heterocycles. The van der Waals surface area contributed by atoms with Crippen LogP contribution in [0.1, 0.15) is 0 Å². The first-order chi connectivity index (χ1) is 27.8. The van der Waals surface area contributed by atoms with E-state index in [1.165, 1.54) is 54.6 Å².